The first kappa shape index (κ1) is 25.7. The van der Waals surface area contributed by atoms with Crippen LogP contribution in [-0.4, -0.2) is 60.0 Å². The van der Waals surface area contributed by atoms with Crippen LogP contribution in [0.2, 0.25) is 0 Å². The molecule has 2 aromatic rings. The van der Waals surface area contributed by atoms with Gasteiger partial charge in [-0.3, -0.25) is 4.79 Å². The van der Waals surface area contributed by atoms with Crippen molar-refractivity contribution in [2.24, 2.45) is 5.92 Å². The van der Waals surface area contributed by atoms with Crippen LogP contribution in [0.4, 0.5) is 4.79 Å². The number of urea groups is 1. The summed E-state index contributed by atoms with van der Waals surface area (Å²) in [7, 11) is 1.57. The van der Waals surface area contributed by atoms with Crippen LogP contribution < -0.4 is 10.6 Å². The maximum atomic E-state index is 13.3. The number of amides is 3. The number of nitrogens with zero attached hydrogens (tertiary/aromatic N) is 1. The summed E-state index contributed by atoms with van der Waals surface area (Å²) in [4.78, 5) is 28.6. The number of aliphatic hydroxyl groups excluding tert-OH is 1. The lowest BCUT2D eigenvalue weighted by Gasteiger charge is -2.32. The summed E-state index contributed by atoms with van der Waals surface area (Å²) in [6.07, 6.45) is 1.20. The third kappa shape index (κ3) is 8.55. The molecule has 0 saturated heterocycles. The van der Waals surface area contributed by atoms with Crippen LogP contribution in [0.25, 0.3) is 0 Å². The van der Waals surface area contributed by atoms with Crippen molar-refractivity contribution in [2.45, 2.75) is 43.7 Å². The van der Waals surface area contributed by atoms with E-state index < -0.39 is 6.04 Å². The summed E-state index contributed by atoms with van der Waals surface area (Å²) >= 11 is 1.60. The Kier molecular flexibility index (Phi) is 11.1. The van der Waals surface area contributed by atoms with E-state index in [1.807, 2.05) is 60.7 Å². The Labute approximate surface area is 195 Å². The Morgan fingerprint density at radius 1 is 1.03 bits per heavy atom. The van der Waals surface area contributed by atoms with Gasteiger partial charge in [0, 0.05) is 30.7 Å². The van der Waals surface area contributed by atoms with E-state index in [0.29, 0.717) is 24.6 Å². The summed E-state index contributed by atoms with van der Waals surface area (Å²) in [5.74, 6) is 0.728. The number of rotatable bonds is 12. The van der Waals surface area contributed by atoms with Crippen molar-refractivity contribution in [3.63, 3.8) is 0 Å². The van der Waals surface area contributed by atoms with Crippen LogP contribution in [0.15, 0.2) is 65.6 Å². The van der Waals surface area contributed by atoms with Gasteiger partial charge in [0.1, 0.15) is 6.04 Å². The third-order valence-electron chi connectivity index (χ3n) is 5.19. The minimum absolute atomic E-state index is 0.144. The smallest absolute Gasteiger partial charge is 0.318 e. The van der Waals surface area contributed by atoms with Crippen molar-refractivity contribution in [1.82, 2.24) is 15.5 Å². The summed E-state index contributed by atoms with van der Waals surface area (Å²) in [6.45, 7) is 4.57. The minimum atomic E-state index is -0.697. The molecule has 32 heavy (non-hydrogen) atoms. The molecule has 0 aliphatic heterocycles. The van der Waals surface area contributed by atoms with E-state index in [-0.39, 0.29) is 24.6 Å². The first-order chi connectivity index (χ1) is 15.4. The van der Waals surface area contributed by atoms with Gasteiger partial charge < -0.3 is 20.6 Å². The Morgan fingerprint density at radius 2 is 1.66 bits per heavy atom. The number of likely N-dealkylation sites (N-methyl/N-ethyl adjacent to an activating group) is 1. The summed E-state index contributed by atoms with van der Waals surface area (Å²) in [5.41, 5.74) is 0.966. The zero-order valence-corrected chi connectivity index (χ0v) is 20.0. The molecule has 0 aliphatic rings. The fraction of sp³-hybridized carbons (Fsp3) is 0.440. The van der Waals surface area contributed by atoms with Crippen molar-refractivity contribution in [3.8, 4) is 0 Å². The lowest BCUT2D eigenvalue weighted by Crippen LogP contribution is -2.55. The van der Waals surface area contributed by atoms with Crippen LogP contribution in [-0.2, 0) is 11.2 Å². The largest absolute Gasteiger partial charge is 0.394 e. The third-order valence-corrected chi connectivity index (χ3v) is 6.35. The van der Waals surface area contributed by atoms with Gasteiger partial charge in [0.2, 0.25) is 5.91 Å². The molecular weight excluding hydrogens is 422 g/mol. The highest BCUT2D eigenvalue weighted by Crippen LogP contribution is 2.20. The Morgan fingerprint density at radius 3 is 2.22 bits per heavy atom. The monoisotopic (exact) mass is 457 g/mol. The predicted molar refractivity (Wildman–Crippen MR) is 131 cm³/mol. The molecule has 2 atom stereocenters. The normalized spacial score (nSPS) is 12.8. The van der Waals surface area contributed by atoms with Crippen molar-refractivity contribution < 1.29 is 14.7 Å². The average molecular weight is 458 g/mol. The quantitative estimate of drug-likeness (QED) is 0.426. The molecule has 0 saturated carbocycles. The summed E-state index contributed by atoms with van der Waals surface area (Å²) in [5, 5.41) is 15.7. The zero-order valence-electron chi connectivity index (χ0n) is 19.2. The minimum Gasteiger partial charge on any atom is -0.394 e. The fourth-order valence-electron chi connectivity index (χ4n) is 3.26. The number of hydrogen-bond donors (Lipinski definition) is 3. The second-order valence-electron chi connectivity index (χ2n) is 8.14. The van der Waals surface area contributed by atoms with Crippen LogP contribution in [0.5, 0.6) is 0 Å². The average Bonchev–Trinajstić information content (AvgIpc) is 2.81. The van der Waals surface area contributed by atoms with E-state index in [0.717, 1.165) is 16.9 Å². The van der Waals surface area contributed by atoms with Crippen molar-refractivity contribution in [1.29, 1.82) is 0 Å². The van der Waals surface area contributed by atoms with Gasteiger partial charge in [0.15, 0.2) is 0 Å². The van der Waals surface area contributed by atoms with Gasteiger partial charge in [0.25, 0.3) is 0 Å². The molecule has 3 amide bonds. The van der Waals surface area contributed by atoms with E-state index in [4.69, 9.17) is 0 Å². The van der Waals surface area contributed by atoms with Gasteiger partial charge in [-0.1, -0.05) is 62.4 Å². The number of hydrogen-bond acceptors (Lipinski definition) is 4. The lowest BCUT2D eigenvalue weighted by molar-refractivity contribution is -0.122. The van der Waals surface area contributed by atoms with Crippen LogP contribution >= 0.6 is 11.8 Å². The molecule has 174 valence electrons. The fourth-order valence-corrected chi connectivity index (χ4v) is 4.28. The van der Waals surface area contributed by atoms with E-state index >= 15 is 0 Å². The molecule has 0 heterocycles. The van der Waals surface area contributed by atoms with Gasteiger partial charge in [-0.2, -0.15) is 0 Å². The Balaban J connectivity index is 2.14. The van der Waals surface area contributed by atoms with E-state index in [1.165, 1.54) is 0 Å². The van der Waals surface area contributed by atoms with Crippen molar-refractivity contribution in [2.75, 3.05) is 26.0 Å². The maximum absolute atomic E-state index is 13.3. The highest BCUT2D eigenvalue weighted by molar-refractivity contribution is 7.99. The molecule has 0 spiro atoms. The number of thioether (sulfide) groups is 1. The Hall–Kier alpha value is -2.51. The van der Waals surface area contributed by atoms with Crippen molar-refractivity contribution >= 4 is 23.7 Å². The molecular formula is C25H35N3O3S. The zero-order chi connectivity index (χ0) is 23.3. The second kappa shape index (κ2) is 13.8. The number of aliphatic hydroxyl groups is 1. The van der Waals surface area contributed by atoms with E-state index in [1.54, 1.807) is 23.7 Å². The highest BCUT2D eigenvalue weighted by Gasteiger charge is 2.28. The van der Waals surface area contributed by atoms with Crippen LogP contribution in [0.1, 0.15) is 25.8 Å². The first-order valence-electron chi connectivity index (χ1n) is 11.1. The topological polar surface area (TPSA) is 81.7 Å². The SMILES string of the molecule is CNC(=O)[C@H](Cc1ccccc1)NC(=O)N(CCC(C)C)C(CO)CSc1ccccc1. The maximum Gasteiger partial charge on any atom is 0.318 e. The van der Waals surface area contributed by atoms with Crippen molar-refractivity contribution in [3.05, 3.63) is 66.2 Å². The van der Waals surface area contributed by atoms with Gasteiger partial charge >= 0.3 is 6.03 Å². The molecule has 3 N–H and O–H groups in total. The highest BCUT2D eigenvalue weighted by atomic mass is 32.2. The molecule has 0 bridgehead atoms. The van der Waals surface area contributed by atoms with Gasteiger partial charge in [-0.15, -0.1) is 11.8 Å². The lowest BCUT2D eigenvalue weighted by atomic mass is 10.1. The molecule has 0 aliphatic carbocycles. The number of nitrogens with one attached hydrogen (secondary N) is 2. The molecule has 6 nitrogen and oxygen atoms in total. The molecule has 0 fully saturated rings. The van der Waals surface area contributed by atoms with Crippen LogP contribution in [0.3, 0.4) is 0 Å². The van der Waals surface area contributed by atoms with Gasteiger partial charge in [0.05, 0.1) is 12.6 Å². The summed E-state index contributed by atoms with van der Waals surface area (Å²) in [6, 6.07) is 18.2. The first-order valence-corrected chi connectivity index (χ1v) is 12.0. The molecule has 2 aromatic carbocycles. The standard InChI is InChI=1S/C25H35N3O3S/c1-19(2)14-15-28(21(17-29)18-32-22-12-8-5-9-13-22)25(31)27-23(24(30)26-3)16-20-10-6-4-7-11-20/h4-13,19,21,23,29H,14-18H2,1-3H3,(H,26,30)(H,27,31)/t21?,23-/m0/s1. The van der Waals surface area contributed by atoms with E-state index in [2.05, 4.69) is 24.5 Å². The number of carbonyl (C=O) groups is 2. The summed E-state index contributed by atoms with van der Waals surface area (Å²) < 4.78 is 0. The molecule has 7 heteroatoms. The molecule has 0 aromatic heterocycles. The molecule has 1 unspecified atom stereocenters. The van der Waals surface area contributed by atoms with Gasteiger partial charge in [-0.25, -0.2) is 4.79 Å². The number of benzene rings is 2. The van der Waals surface area contributed by atoms with Gasteiger partial charge in [-0.05, 0) is 30.0 Å². The predicted octanol–water partition coefficient (Wildman–Crippen LogP) is 3.55. The Bertz CT molecular complexity index is 818. The van der Waals surface area contributed by atoms with E-state index in [9.17, 15) is 14.7 Å². The van der Waals surface area contributed by atoms with Crippen LogP contribution in [0, 0.1) is 5.92 Å². The molecule has 0 radical (unpaired) electrons. The number of carbonyl (C=O) groups excluding carboxylic acids is 2. The molecule has 2 rings (SSSR count). The second-order valence-corrected chi connectivity index (χ2v) is 9.24.